The number of urea groups is 1. The minimum absolute atomic E-state index is 0.0190. The SMILES string of the molecule is CC(CN)(NC(=O)CCNC(=O)NC12CC3CC(CC(C3)C1)C2)C1CC1. The number of carbonyl (C=O) groups excluding carboxylic acids is 2. The summed E-state index contributed by atoms with van der Waals surface area (Å²) in [6, 6.07) is -0.108. The molecule has 146 valence electrons. The molecule has 6 nitrogen and oxygen atoms in total. The summed E-state index contributed by atoms with van der Waals surface area (Å²) in [5.74, 6) is 2.90. The zero-order valence-corrected chi connectivity index (χ0v) is 16.0. The highest BCUT2D eigenvalue weighted by Crippen LogP contribution is 2.55. The van der Waals surface area contributed by atoms with Crippen molar-refractivity contribution in [3.8, 4) is 0 Å². The van der Waals surface area contributed by atoms with Crippen LogP contribution in [-0.4, -0.2) is 36.1 Å². The minimum atomic E-state index is -0.293. The van der Waals surface area contributed by atoms with Crippen molar-refractivity contribution in [1.82, 2.24) is 16.0 Å². The molecule has 3 amide bonds. The van der Waals surface area contributed by atoms with Gasteiger partial charge >= 0.3 is 6.03 Å². The lowest BCUT2D eigenvalue weighted by molar-refractivity contribution is -0.122. The average molecular weight is 363 g/mol. The molecule has 1 atom stereocenters. The highest BCUT2D eigenvalue weighted by atomic mass is 16.2. The Kier molecular flexibility index (Phi) is 4.66. The van der Waals surface area contributed by atoms with E-state index in [4.69, 9.17) is 5.73 Å². The van der Waals surface area contributed by atoms with E-state index in [2.05, 4.69) is 16.0 Å². The quantitative estimate of drug-likeness (QED) is 0.557. The molecule has 0 heterocycles. The number of rotatable bonds is 7. The molecule has 1 unspecified atom stereocenters. The van der Waals surface area contributed by atoms with E-state index in [-0.39, 0.29) is 23.0 Å². The highest BCUT2D eigenvalue weighted by molar-refractivity contribution is 5.79. The van der Waals surface area contributed by atoms with Gasteiger partial charge in [-0.25, -0.2) is 4.79 Å². The van der Waals surface area contributed by atoms with E-state index in [1.165, 1.54) is 19.3 Å². The van der Waals surface area contributed by atoms with E-state index in [9.17, 15) is 9.59 Å². The first-order chi connectivity index (χ1) is 12.4. The van der Waals surface area contributed by atoms with Gasteiger partial charge in [-0.1, -0.05) is 0 Å². The summed E-state index contributed by atoms with van der Waals surface area (Å²) in [5.41, 5.74) is 5.57. The summed E-state index contributed by atoms with van der Waals surface area (Å²) in [6.07, 6.45) is 10.1. The highest BCUT2D eigenvalue weighted by Gasteiger charge is 2.51. The molecule has 4 bridgehead atoms. The molecule has 0 aliphatic heterocycles. The second-order valence-corrected chi connectivity index (χ2v) is 9.77. The molecule has 0 spiro atoms. The van der Waals surface area contributed by atoms with E-state index in [0.29, 0.717) is 25.4 Å². The van der Waals surface area contributed by atoms with Gasteiger partial charge in [0.25, 0.3) is 0 Å². The Morgan fingerprint density at radius 1 is 1.08 bits per heavy atom. The Bertz CT molecular complexity index is 539. The summed E-state index contributed by atoms with van der Waals surface area (Å²) in [6.45, 7) is 2.86. The van der Waals surface area contributed by atoms with Gasteiger partial charge in [-0.05, 0) is 82.0 Å². The predicted octanol–water partition coefficient (Wildman–Crippen LogP) is 1.89. The smallest absolute Gasteiger partial charge is 0.315 e. The predicted molar refractivity (Wildman–Crippen MR) is 100 cm³/mol. The Hall–Kier alpha value is -1.30. The second kappa shape index (κ2) is 6.70. The molecule has 6 heteroatoms. The number of nitrogens with one attached hydrogen (secondary N) is 3. The lowest BCUT2D eigenvalue weighted by Gasteiger charge is -2.56. The third kappa shape index (κ3) is 3.71. The summed E-state index contributed by atoms with van der Waals surface area (Å²) >= 11 is 0. The van der Waals surface area contributed by atoms with Crippen molar-refractivity contribution in [1.29, 1.82) is 0 Å². The van der Waals surface area contributed by atoms with E-state index < -0.39 is 0 Å². The monoisotopic (exact) mass is 362 g/mol. The standard InChI is InChI=1S/C20H34N4O2/c1-19(12-21,16-2-3-16)23-17(25)4-5-22-18(26)24-20-9-13-6-14(10-20)8-15(7-13)11-20/h13-16H,2-12,21H2,1H3,(H,23,25)(H2,22,24,26). The van der Waals surface area contributed by atoms with Crippen LogP contribution < -0.4 is 21.7 Å². The van der Waals surface area contributed by atoms with Gasteiger partial charge in [0.05, 0.1) is 5.54 Å². The summed E-state index contributed by atoms with van der Waals surface area (Å²) in [5, 5.41) is 9.25. The summed E-state index contributed by atoms with van der Waals surface area (Å²) in [7, 11) is 0. The molecule has 5 saturated carbocycles. The molecule has 5 rings (SSSR count). The maximum absolute atomic E-state index is 12.4. The van der Waals surface area contributed by atoms with Gasteiger partial charge in [0, 0.05) is 25.0 Å². The minimum Gasteiger partial charge on any atom is -0.349 e. The van der Waals surface area contributed by atoms with E-state index in [1.807, 2.05) is 6.92 Å². The summed E-state index contributed by atoms with van der Waals surface area (Å²) in [4.78, 5) is 24.6. The zero-order valence-electron chi connectivity index (χ0n) is 16.0. The third-order valence-corrected chi connectivity index (χ3v) is 7.38. The molecule has 0 radical (unpaired) electrons. The van der Waals surface area contributed by atoms with E-state index in [1.54, 1.807) is 0 Å². The fourth-order valence-corrected chi connectivity index (χ4v) is 6.26. The topological polar surface area (TPSA) is 96.2 Å². The molecule has 0 aromatic heterocycles. The number of hydrogen-bond acceptors (Lipinski definition) is 3. The number of amides is 3. The van der Waals surface area contributed by atoms with Crippen LogP contribution in [-0.2, 0) is 4.79 Å². The van der Waals surface area contributed by atoms with Gasteiger partial charge in [-0.15, -0.1) is 0 Å². The fourth-order valence-electron chi connectivity index (χ4n) is 6.26. The number of nitrogens with two attached hydrogens (primary N) is 1. The van der Waals surface area contributed by atoms with Crippen LogP contribution in [0.5, 0.6) is 0 Å². The third-order valence-electron chi connectivity index (χ3n) is 7.38. The van der Waals surface area contributed by atoms with Crippen molar-refractivity contribution in [2.45, 2.75) is 75.8 Å². The van der Waals surface area contributed by atoms with Gasteiger partial charge < -0.3 is 21.7 Å². The maximum atomic E-state index is 12.4. The molecule has 5 aliphatic carbocycles. The van der Waals surface area contributed by atoms with E-state index in [0.717, 1.165) is 49.9 Å². The Morgan fingerprint density at radius 2 is 1.65 bits per heavy atom. The average Bonchev–Trinajstić information content (AvgIpc) is 3.38. The Morgan fingerprint density at radius 3 is 2.15 bits per heavy atom. The normalized spacial score (nSPS) is 37.1. The molecular formula is C20H34N4O2. The second-order valence-electron chi connectivity index (χ2n) is 9.77. The van der Waals surface area contributed by atoms with Crippen molar-refractivity contribution < 1.29 is 9.59 Å². The number of hydrogen-bond donors (Lipinski definition) is 4. The first kappa shape index (κ1) is 18.1. The van der Waals surface area contributed by atoms with Crippen molar-refractivity contribution in [2.24, 2.45) is 29.4 Å². The van der Waals surface area contributed by atoms with Crippen LogP contribution in [0.3, 0.4) is 0 Å². The van der Waals surface area contributed by atoms with Crippen LogP contribution in [0.1, 0.15) is 64.7 Å². The largest absolute Gasteiger partial charge is 0.349 e. The zero-order chi connectivity index (χ0) is 18.4. The molecule has 5 fully saturated rings. The molecule has 26 heavy (non-hydrogen) atoms. The Labute approximate surface area is 156 Å². The van der Waals surface area contributed by atoms with Gasteiger partial charge in [0.15, 0.2) is 0 Å². The van der Waals surface area contributed by atoms with Crippen molar-refractivity contribution in [3.63, 3.8) is 0 Å². The molecule has 0 saturated heterocycles. The van der Waals surface area contributed by atoms with Gasteiger partial charge in [0.1, 0.15) is 0 Å². The summed E-state index contributed by atoms with van der Waals surface area (Å²) < 4.78 is 0. The van der Waals surface area contributed by atoms with Gasteiger partial charge in [0.2, 0.25) is 5.91 Å². The van der Waals surface area contributed by atoms with Crippen molar-refractivity contribution in [3.05, 3.63) is 0 Å². The number of carbonyl (C=O) groups is 2. The van der Waals surface area contributed by atoms with Crippen LogP contribution in [0.2, 0.25) is 0 Å². The maximum Gasteiger partial charge on any atom is 0.315 e. The molecule has 5 N–H and O–H groups in total. The van der Waals surface area contributed by atoms with Crippen LogP contribution >= 0.6 is 0 Å². The van der Waals surface area contributed by atoms with Crippen molar-refractivity contribution in [2.75, 3.05) is 13.1 Å². The molecule has 0 aromatic carbocycles. The molecule has 5 aliphatic rings. The van der Waals surface area contributed by atoms with Crippen molar-refractivity contribution >= 4 is 11.9 Å². The lowest BCUT2D eigenvalue weighted by Crippen LogP contribution is -2.61. The fraction of sp³-hybridized carbons (Fsp3) is 0.900. The van der Waals surface area contributed by atoms with Gasteiger partial charge in [-0.3, -0.25) is 4.79 Å². The lowest BCUT2D eigenvalue weighted by atomic mass is 9.53. The van der Waals surface area contributed by atoms with Crippen LogP contribution in [0.15, 0.2) is 0 Å². The van der Waals surface area contributed by atoms with Crippen LogP contribution in [0.4, 0.5) is 4.79 Å². The molecular weight excluding hydrogens is 328 g/mol. The van der Waals surface area contributed by atoms with Crippen LogP contribution in [0.25, 0.3) is 0 Å². The first-order valence-corrected chi connectivity index (χ1v) is 10.5. The van der Waals surface area contributed by atoms with E-state index >= 15 is 0 Å². The van der Waals surface area contributed by atoms with Crippen LogP contribution in [0, 0.1) is 23.7 Å². The Balaban J connectivity index is 1.20. The molecule has 0 aromatic rings. The van der Waals surface area contributed by atoms with Gasteiger partial charge in [-0.2, -0.15) is 0 Å². The first-order valence-electron chi connectivity index (χ1n) is 10.5.